The Balaban J connectivity index is 1.63. The maximum Gasteiger partial charge on any atom is 0.301 e. The molecule has 1 amide bonds. The van der Waals surface area contributed by atoms with Crippen LogP contribution in [0.2, 0.25) is 0 Å². The molecule has 3 rings (SSSR count). The number of ether oxygens (including phenoxy) is 2. The smallest absolute Gasteiger partial charge is 0.301 e. The van der Waals surface area contributed by atoms with Crippen LogP contribution in [-0.4, -0.2) is 29.9 Å². The second-order valence-corrected chi connectivity index (χ2v) is 6.49. The largest absolute Gasteiger partial charge is 0.493 e. The average Bonchev–Trinajstić information content (AvgIpc) is 3.35. The van der Waals surface area contributed by atoms with Crippen LogP contribution in [0.4, 0.5) is 14.5 Å². The number of furan rings is 1. The molecule has 7 nitrogen and oxygen atoms in total. The molecule has 1 aromatic carbocycles. The number of hydrogen-bond acceptors (Lipinski definition) is 5. The highest BCUT2D eigenvalue weighted by Crippen LogP contribution is 2.31. The van der Waals surface area contributed by atoms with Gasteiger partial charge in [0.05, 0.1) is 32.6 Å². The van der Waals surface area contributed by atoms with Gasteiger partial charge in [-0.15, -0.1) is 0 Å². The number of halogens is 2. The van der Waals surface area contributed by atoms with Gasteiger partial charge < -0.3 is 19.2 Å². The van der Waals surface area contributed by atoms with Crippen molar-refractivity contribution in [3.63, 3.8) is 0 Å². The van der Waals surface area contributed by atoms with E-state index in [4.69, 9.17) is 13.9 Å². The van der Waals surface area contributed by atoms with Crippen molar-refractivity contribution in [1.29, 1.82) is 0 Å². The Bertz CT molecular complexity index is 1050. The average molecular weight is 417 g/mol. The first kappa shape index (κ1) is 21.1. The predicted octanol–water partition coefficient (Wildman–Crippen LogP) is 4.31. The summed E-state index contributed by atoms with van der Waals surface area (Å²) in [6.45, 7) is 0.925. The fourth-order valence-corrected chi connectivity index (χ4v) is 2.77. The Morgan fingerprint density at radius 1 is 1.27 bits per heavy atom. The molecule has 0 fully saturated rings. The van der Waals surface area contributed by atoms with Crippen LogP contribution in [0, 0.1) is 0 Å². The first-order valence-electron chi connectivity index (χ1n) is 8.99. The fraction of sp³-hybridized carbons (Fsp3) is 0.238. The third kappa shape index (κ3) is 5.05. The third-order valence-electron chi connectivity index (χ3n) is 4.16. The van der Waals surface area contributed by atoms with Crippen LogP contribution in [0.1, 0.15) is 24.0 Å². The summed E-state index contributed by atoms with van der Waals surface area (Å²) in [6, 6.07) is 8.04. The number of aromatic nitrogens is 2. The zero-order chi connectivity index (χ0) is 21.7. The van der Waals surface area contributed by atoms with Crippen LogP contribution >= 0.6 is 0 Å². The minimum absolute atomic E-state index is 0.156. The van der Waals surface area contributed by atoms with Crippen LogP contribution in [0.5, 0.6) is 11.5 Å². The van der Waals surface area contributed by atoms with Gasteiger partial charge in [-0.3, -0.25) is 9.48 Å². The molecule has 9 heteroatoms. The van der Waals surface area contributed by atoms with E-state index in [9.17, 15) is 13.6 Å². The molecule has 0 saturated carbocycles. The van der Waals surface area contributed by atoms with Crippen molar-refractivity contribution in [2.45, 2.75) is 19.4 Å². The summed E-state index contributed by atoms with van der Waals surface area (Å²) in [4.78, 5) is 12.2. The molecule has 0 saturated heterocycles. The Morgan fingerprint density at radius 2 is 2.07 bits per heavy atom. The van der Waals surface area contributed by atoms with E-state index in [0.717, 1.165) is 6.92 Å². The van der Waals surface area contributed by atoms with Gasteiger partial charge in [0, 0.05) is 24.8 Å². The summed E-state index contributed by atoms with van der Waals surface area (Å²) in [6.07, 6.45) is 5.99. The van der Waals surface area contributed by atoms with Crippen molar-refractivity contribution in [2.24, 2.45) is 0 Å². The van der Waals surface area contributed by atoms with E-state index in [1.54, 1.807) is 30.5 Å². The maximum atomic E-state index is 13.3. The normalized spacial score (nSPS) is 11.6. The van der Waals surface area contributed by atoms with Gasteiger partial charge in [-0.25, -0.2) is 0 Å². The van der Waals surface area contributed by atoms with Gasteiger partial charge in [-0.1, -0.05) is 12.1 Å². The number of benzene rings is 1. The molecule has 0 aliphatic carbocycles. The molecular formula is C21H21F2N3O4. The lowest BCUT2D eigenvalue weighted by Crippen LogP contribution is -2.07. The Kier molecular flexibility index (Phi) is 6.20. The molecule has 3 aromatic rings. The van der Waals surface area contributed by atoms with Crippen LogP contribution in [-0.2, 0) is 17.3 Å². The van der Waals surface area contributed by atoms with Crippen LogP contribution < -0.4 is 14.8 Å². The first-order chi connectivity index (χ1) is 14.3. The number of anilines is 1. The minimum atomic E-state index is -3.04. The van der Waals surface area contributed by atoms with Gasteiger partial charge in [0.2, 0.25) is 5.91 Å². The molecule has 0 spiro atoms. The molecule has 30 heavy (non-hydrogen) atoms. The van der Waals surface area contributed by atoms with Crippen molar-refractivity contribution in [3.8, 4) is 11.5 Å². The van der Waals surface area contributed by atoms with Gasteiger partial charge in [0.1, 0.15) is 5.76 Å². The molecule has 0 aliphatic rings. The molecule has 0 bridgehead atoms. The molecule has 1 N–H and O–H groups in total. The van der Waals surface area contributed by atoms with Crippen molar-refractivity contribution >= 4 is 17.7 Å². The molecular weight excluding hydrogens is 396 g/mol. The zero-order valence-corrected chi connectivity index (χ0v) is 16.7. The number of alkyl halides is 2. The van der Waals surface area contributed by atoms with E-state index in [1.165, 1.54) is 43.3 Å². The molecule has 0 aliphatic heterocycles. The molecule has 0 unspecified atom stereocenters. The Hall–Kier alpha value is -3.62. The number of carbonyl (C=O) groups excluding carboxylic acids is 1. The Morgan fingerprint density at radius 3 is 2.73 bits per heavy atom. The standard InChI is InChI=1S/C21H21F2N3O4/c1-21(22,23)18-9-8-16(30-18)13-26-12-15(11-24-26)25-19(27)10-7-14-5-4-6-17(28-2)20(14)29-3/h4-12H,13H2,1-3H3,(H,25,27)/b10-7+. The van der Waals surface area contributed by atoms with Crippen molar-refractivity contribution in [3.05, 3.63) is 65.9 Å². The maximum absolute atomic E-state index is 13.3. The number of para-hydroxylation sites is 1. The summed E-state index contributed by atoms with van der Waals surface area (Å²) in [5.41, 5.74) is 1.14. The number of methoxy groups -OCH3 is 2. The first-order valence-corrected chi connectivity index (χ1v) is 8.99. The monoisotopic (exact) mass is 417 g/mol. The van der Waals surface area contributed by atoms with Gasteiger partial charge in [0.15, 0.2) is 17.3 Å². The van der Waals surface area contributed by atoms with E-state index in [2.05, 4.69) is 10.4 Å². The lowest BCUT2D eigenvalue weighted by Gasteiger charge is -2.09. The van der Waals surface area contributed by atoms with Crippen molar-refractivity contribution in [2.75, 3.05) is 19.5 Å². The third-order valence-corrected chi connectivity index (χ3v) is 4.16. The topological polar surface area (TPSA) is 78.5 Å². The molecule has 0 radical (unpaired) electrons. The van der Waals surface area contributed by atoms with Gasteiger partial charge in [0.25, 0.3) is 0 Å². The highest BCUT2D eigenvalue weighted by Gasteiger charge is 2.28. The minimum Gasteiger partial charge on any atom is -0.493 e. The van der Waals surface area contributed by atoms with Crippen molar-refractivity contribution < 1.29 is 27.5 Å². The zero-order valence-electron chi connectivity index (χ0n) is 16.7. The molecule has 158 valence electrons. The van der Waals surface area contributed by atoms with E-state index in [0.29, 0.717) is 28.5 Å². The molecule has 0 atom stereocenters. The summed E-state index contributed by atoms with van der Waals surface area (Å²) >= 11 is 0. The summed E-state index contributed by atoms with van der Waals surface area (Å²) < 4.78 is 43.7. The van der Waals surface area contributed by atoms with Crippen LogP contribution in [0.25, 0.3) is 6.08 Å². The second-order valence-electron chi connectivity index (χ2n) is 6.49. The quantitative estimate of drug-likeness (QED) is 0.553. The van der Waals surface area contributed by atoms with Gasteiger partial charge in [-0.05, 0) is 24.3 Å². The highest BCUT2D eigenvalue weighted by molar-refractivity contribution is 6.02. The number of nitrogens with zero attached hydrogens (tertiary/aromatic N) is 2. The number of carbonyl (C=O) groups is 1. The summed E-state index contributed by atoms with van der Waals surface area (Å²) in [7, 11) is 3.06. The lowest BCUT2D eigenvalue weighted by molar-refractivity contribution is -0.111. The number of hydrogen-bond donors (Lipinski definition) is 1. The van der Waals surface area contributed by atoms with Crippen molar-refractivity contribution in [1.82, 2.24) is 9.78 Å². The van der Waals surface area contributed by atoms with Gasteiger partial charge in [-0.2, -0.15) is 13.9 Å². The number of amides is 1. The Labute approximate surface area is 171 Å². The summed E-state index contributed by atoms with van der Waals surface area (Å²) in [5, 5.41) is 6.78. The fourth-order valence-electron chi connectivity index (χ4n) is 2.77. The molecule has 2 heterocycles. The van der Waals surface area contributed by atoms with Crippen LogP contribution in [0.15, 0.2) is 53.2 Å². The molecule has 2 aromatic heterocycles. The lowest BCUT2D eigenvalue weighted by atomic mass is 10.1. The van der Waals surface area contributed by atoms with E-state index < -0.39 is 11.7 Å². The van der Waals surface area contributed by atoms with E-state index >= 15 is 0 Å². The second kappa shape index (κ2) is 8.81. The van der Waals surface area contributed by atoms with Crippen LogP contribution in [0.3, 0.4) is 0 Å². The summed E-state index contributed by atoms with van der Waals surface area (Å²) in [5.74, 6) is -2.41. The predicted molar refractivity (Wildman–Crippen MR) is 107 cm³/mol. The number of rotatable bonds is 8. The van der Waals surface area contributed by atoms with Gasteiger partial charge >= 0.3 is 5.92 Å². The SMILES string of the molecule is COc1cccc(/C=C/C(=O)Nc2cnn(Cc3ccc(C(C)(F)F)o3)c2)c1OC. The number of nitrogens with one attached hydrogen (secondary N) is 1. The van der Waals surface area contributed by atoms with E-state index in [1.807, 2.05) is 0 Å². The van der Waals surface area contributed by atoms with E-state index in [-0.39, 0.29) is 12.5 Å². The highest BCUT2D eigenvalue weighted by atomic mass is 19.3.